The van der Waals surface area contributed by atoms with Gasteiger partial charge >= 0.3 is 0 Å². The molecule has 1 aliphatic carbocycles. The SMILES string of the molecule is COc1ccc(CC(=O)Nc2cc([C@H]3C[C@@H](c4ccccc4N)C3)n[nH]2)cc1. The van der Waals surface area contributed by atoms with E-state index in [9.17, 15) is 4.79 Å². The zero-order valence-corrected chi connectivity index (χ0v) is 15.8. The highest BCUT2D eigenvalue weighted by molar-refractivity contribution is 5.91. The summed E-state index contributed by atoms with van der Waals surface area (Å²) in [7, 11) is 1.62. The number of nitrogen functional groups attached to an aromatic ring is 1. The summed E-state index contributed by atoms with van der Waals surface area (Å²) in [6, 6.07) is 17.5. The van der Waals surface area contributed by atoms with Crippen LogP contribution in [0.5, 0.6) is 5.75 Å². The third-order valence-corrected chi connectivity index (χ3v) is 5.39. The van der Waals surface area contributed by atoms with E-state index in [0.29, 0.717) is 24.1 Å². The minimum atomic E-state index is -0.0797. The first-order valence-electron chi connectivity index (χ1n) is 9.45. The van der Waals surface area contributed by atoms with Gasteiger partial charge in [-0.2, -0.15) is 5.10 Å². The number of methoxy groups -OCH3 is 1. The zero-order chi connectivity index (χ0) is 19.5. The van der Waals surface area contributed by atoms with E-state index in [1.165, 1.54) is 5.56 Å². The maximum atomic E-state index is 12.3. The lowest BCUT2D eigenvalue weighted by atomic mass is 9.70. The number of anilines is 2. The van der Waals surface area contributed by atoms with Crippen molar-refractivity contribution in [2.75, 3.05) is 18.2 Å². The fourth-order valence-corrected chi connectivity index (χ4v) is 3.73. The summed E-state index contributed by atoms with van der Waals surface area (Å²) in [5.41, 5.74) is 10.1. The van der Waals surface area contributed by atoms with Crippen molar-refractivity contribution in [3.8, 4) is 5.75 Å². The molecule has 1 saturated carbocycles. The van der Waals surface area contributed by atoms with Gasteiger partial charge in [0.05, 0.1) is 19.2 Å². The van der Waals surface area contributed by atoms with Gasteiger partial charge < -0.3 is 15.8 Å². The Morgan fingerprint density at radius 1 is 1.18 bits per heavy atom. The molecule has 28 heavy (non-hydrogen) atoms. The molecule has 4 N–H and O–H groups in total. The lowest BCUT2D eigenvalue weighted by Gasteiger charge is -2.35. The largest absolute Gasteiger partial charge is 0.497 e. The predicted molar refractivity (Wildman–Crippen MR) is 109 cm³/mol. The molecule has 3 aromatic rings. The van der Waals surface area contributed by atoms with Gasteiger partial charge in [0.1, 0.15) is 11.6 Å². The number of benzene rings is 2. The van der Waals surface area contributed by atoms with Gasteiger partial charge in [0.2, 0.25) is 5.91 Å². The number of carbonyl (C=O) groups excluding carboxylic acids is 1. The van der Waals surface area contributed by atoms with Crippen LogP contribution in [-0.4, -0.2) is 23.2 Å². The average molecular weight is 376 g/mol. The van der Waals surface area contributed by atoms with E-state index >= 15 is 0 Å². The Labute approximate surface area is 164 Å². The number of hydrogen-bond acceptors (Lipinski definition) is 4. The lowest BCUT2D eigenvalue weighted by molar-refractivity contribution is -0.115. The topological polar surface area (TPSA) is 93.0 Å². The van der Waals surface area contributed by atoms with Gasteiger partial charge in [-0.1, -0.05) is 30.3 Å². The number of para-hydroxylation sites is 1. The van der Waals surface area contributed by atoms with Crippen LogP contribution in [0.4, 0.5) is 11.5 Å². The van der Waals surface area contributed by atoms with Crippen molar-refractivity contribution in [3.63, 3.8) is 0 Å². The third kappa shape index (κ3) is 3.86. The molecule has 2 aromatic carbocycles. The van der Waals surface area contributed by atoms with Gasteiger partial charge in [-0.05, 0) is 48.1 Å². The number of nitrogens with zero attached hydrogens (tertiary/aromatic N) is 1. The van der Waals surface area contributed by atoms with Crippen LogP contribution in [0.15, 0.2) is 54.6 Å². The van der Waals surface area contributed by atoms with Gasteiger partial charge in [-0.3, -0.25) is 9.89 Å². The molecular formula is C22H24N4O2. The minimum Gasteiger partial charge on any atom is -0.497 e. The number of rotatable bonds is 6. The number of aromatic nitrogens is 2. The number of amides is 1. The first kappa shape index (κ1) is 18.1. The van der Waals surface area contributed by atoms with E-state index in [4.69, 9.17) is 10.5 Å². The summed E-state index contributed by atoms with van der Waals surface area (Å²) >= 11 is 0. The van der Waals surface area contributed by atoms with Gasteiger partial charge in [-0.25, -0.2) is 0 Å². The van der Waals surface area contributed by atoms with Crippen LogP contribution < -0.4 is 15.8 Å². The molecule has 4 rings (SSSR count). The highest BCUT2D eigenvalue weighted by Gasteiger charge is 2.33. The maximum Gasteiger partial charge on any atom is 0.229 e. The standard InChI is InChI=1S/C22H24N4O2/c1-28-17-8-6-14(7-9-17)10-22(27)24-21-13-20(25-26-21)16-11-15(12-16)18-4-2-3-5-19(18)23/h2-9,13,15-16H,10-12,23H2,1H3,(H2,24,25,26,27)/t15-,16+. The van der Waals surface area contributed by atoms with E-state index in [0.717, 1.165) is 35.5 Å². The van der Waals surface area contributed by atoms with Crippen LogP contribution in [0.2, 0.25) is 0 Å². The van der Waals surface area contributed by atoms with Crippen LogP contribution in [0.1, 0.15) is 41.5 Å². The molecule has 0 bridgehead atoms. The van der Waals surface area contributed by atoms with Crippen LogP contribution in [-0.2, 0) is 11.2 Å². The second-order valence-electron chi connectivity index (χ2n) is 7.27. The summed E-state index contributed by atoms with van der Waals surface area (Å²) in [4.78, 5) is 12.3. The Morgan fingerprint density at radius 2 is 1.93 bits per heavy atom. The molecule has 0 aliphatic heterocycles. The second-order valence-corrected chi connectivity index (χ2v) is 7.27. The minimum absolute atomic E-state index is 0.0797. The Bertz CT molecular complexity index is 959. The van der Waals surface area contributed by atoms with Crippen LogP contribution in [0, 0.1) is 0 Å². The van der Waals surface area contributed by atoms with Crippen molar-refractivity contribution in [2.24, 2.45) is 0 Å². The average Bonchev–Trinajstić information content (AvgIpc) is 3.10. The summed E-state index contributed by atoms with van der Waals surface area (Å²) < 4.78 is 5.13. The molecule has 0 radical (unpaired) electrons. The van der Waals surface area contributed by atoms with Crippen molar-refractivity contribution < 1.29 is 9.53 Å². The van der Waals surface area contributed by atoms with Crippen molar-refractivity contribution in [1.29, 1.82) is 0 Å². The van der Waals surface area contributed by atoms with Crippen LogP contribution in [0.25, 0.3) is 0 Å². The molecule has 1 fully saturated rings. The summed E-state index contributed by atoms with van der Waals surface area (Å²) in [5, 5.41) is 10.2. The fraction of sp³-hybridized carbons (Fsp3) is 0.273. The molecule has 0 unspecified atom stereocenters. The smallest absolute Gasteiger partial charge is 0.229 e. The normalized spacial score (nSPS) is 18.3. The molecule has 1 aliphatic rings. The lowest BCUT2D eigenvalue weighted by Crippen LogP contribution is -2.21. The number of carbonyl (C=O) groups is 1. The van der Waals surface area contributed by atoms with E-state index < -0.39 is 0 Å². The highest BCUT2D eigenvalue weighted by atomic mass is 16.5. The van der Waals surface area contributed by atoms with Crippen molar-refractivity contribution in [1.82, 2.24) is 10.2 Å². The van der Waals surface area contributed by atoms with Gasteiger partial charge in [0.25, 0.3) is 0 Å². The molecule has 144 valence electrons. The number of ether oxygens (including phenoxy) is 1. The second kappa shape index (κ2) is 7.76. The maximum absolute atomic E-state index is 12.3. The predicted octanol–water partition coefficient (Wildman–Crippen LogP) is 3.84. The van der Waals surface area contributed by atoms with Crippen molar-refractivity contribution >= 4 is 17.4 Å². The van der Waals surface area contributed by atoms with Gasteiger partial charge in [0.15, 0.2) is 0 Å². The van der Waals surface area contributed by atoms with E-state index in [2.05, 4.69) is 21.6 Å². The molecular weight excluding hydrogens is 352 g/mol. The van der Waals surface area contributed by atoms with Crippen molar-refractivity contribution in [3.05, 3.63) is 71.4 Å². The Hall–Kier alpha value is -3.28. The Balaban J connectivity index is 1.31. The van der Waals surface area contributed by atoms with E-state index in [-0.39, 0.29) is 5.91 Å². The molecule has 0 atom stereocenters. The molecule has 0 saturated heterocycles. The monoisotopic (exact) mass is 376 g/mol. The fourth-order valence-electron chi connectivity index (χ4n) is 3.73. The first-order chi connectivity index (χ1) is 13.6. The number of aromatic amines is 1. The quantitative estimate of drug-likeness (QED) is 0.570. The van der Waals surface area contributed by atoms with Crippen LogP contribution in [0.3, 0.4) is 0 Å². The van der Waals surface area contributed by atoms with E-state index in [1.54, 1.807) is 7.11 Å². The summed E-state index contributed by atoms with van der Waals surface area (Å²) in [6.45, 7) is 0. The Kier molecular flexibility index (Phi) is 5.02. The summed E-state index contributed by atoms with van der Waals surface area (Å²) in [5.74, 6) is 2.21. The molecule has 1 aromatic heterocycles. The molecule has 0 spiro atoms. The summed E-state index contributed by atoms with van der Waals surface area (Å²) in [6.07, 6.45) is 2.35. The first-order valence-corrected chi connectivity index (χ1v) is 9.45. The third-order valence-electron chi connectivity index (χ3n) is 5.39. The number of nitrogens with two attached hydrogens (primary N) is 1. The molecule has 6 nitrogen and oxygen atoms in total. The zero-order valence-electron chi connectivity index (χ0n) is 15.8. The van der Waals surface area contributed by atoms with Crippen LogP contribution >= 0.6 is 0 Å². The highest BCUT2D eigenvalue weighted by Crippen LogP contribution is 2.48. The van der Waals surface area contributed by atoms with Crippen molar-refractivity contribution in [2.45, 2.75) is 31.1 Å². The van der Waals surface area contributed by atoms with Gasteiger partial charge in [-0.15, -0.1) is 0 Å². The Morgan fingerprint density at radius 3 is 2.64 bits per heavy atom. The van der Waals surface area contributed by atoms with Gasteiger partial charge in [0, 0.05) is 17.7 Å². The molecule has 6 heteroatoms. The molecule has 1 amide bonds. The number of hydrogen-bond donors (Lipinski definition) is 3. The molecule has 1 heterocycles. The number of H-pyrrole nitrogens is 1. The van der Waals surface area contributed by atoms with E-state index in [1.807, 2.05) is 48.5 Å². The number of nitrogens with one attached hydrogen (secondary N) is 2.